The van der Waals surface area contributed by atoms with Crippen molar-refractivity contribution in [2.75, 3.05) is 0 Å². The van der Waals surface area contributed by atoms with Gasteiger partial charge in [0.1, 0.15) is 5.75 Å². The number of rotatable bonds is 7. The molecule has 0 bridgehead atoms. The van der Waals surface area contributed by atoms with E-state index < -0.39 is 9.04 Å². The summed E-state index contributed by atoms with van der Waals surface area (Å²) in [4.78, 5) is 5.47. The van der Waals surface area contributed by atoms with Crippen molar-refractivity contribution in [3.8, 4) is 11.5 Å². The van der Waals surface area contributed by atoms with Crippen molar-refractivity contribution in [1.82, 2.24) is 0 Å². The number of benzene rings is 2. The van der Waals surface area contributed by atoms with Gasteiger partial charge >= 0.3 is 0 Å². The van der Waals surface area contributed by atoms with E-state index in [2.05, 4.69) is 39.8 Å². The van der Waals surface area contributed by atoms with Gasteiger partial charge in [0.15, 0.2) is 5.75 Å². The van der Waals surface area contributed by atoms with Crippen LogP contribution in [-0.2, 0) is 9.99 Å². The van der Waals surface area contributed by atoms with Crippen LogP contribution in [0.2, 0.25) is 12.1 Å². The molecule has 0 saturated heterocycles. The van der Waals surface area contributed by atoms with Crippen LogP contribution in [0.3, 0.4) is 0 Å². The average molecular weight is 331 g/mol. The third kappa shape index (κ3) is 4.36. The highest BCUT2D eigenvalue weighted by molar-refractivity contribution is 6.51. The van der Waals surface area contributed by atoms with E-state index in [1.54, 1.807) is 12.1 Å². The Morgan fingerprint density at radius 1 is 0.870 bits per heavy atom. The fourth-order valence-corrected chi connectivity index (χ4v) is 3.62. The highest BCUT2D eigenvalue weighted by Crippen LogP contribution is 2.33. The van der Waals surface area contributed by atoms with Crippen molar-refractivity contribution in [2.45, 2.75) is 45.2 Å². The molecular weight excluding hydrogens is 304 g/mol. The molecule has 0 aliphatic heterocycles. The monoisotopic (exact) mass is 330 g/mol. The molecule has 2 aromatic carbocycles. The Labute approximate surface area is 140 Å². The number of hydrogen-bond donors (Lipinski definition) is 1. The molecule has 3 nitrogen and oxygen atoms in total. The van der Waals surface area contributed by atoms with Gasteiger partial charge in [0, 0.05) is 5.41 Å². The average Bonchev–Trinajstić information content (AvgIpc) is 2.56. The lowest BCUT2D eigenvalue weighted by Gasteiger charge is -2.26. The van der Waals surface area contributed by atoms with E-state index in [0.29, 0.717) is 0 Å². The van der Waals surface area contributed by atoms with Crippen LogP contribution >= 0.6 is 0 Å². The fourth-order valence-electron chi connectivity index (χ4n) is 2.52. The minimum absolute atomic E-state index is 0.142. The zero-order valence-corrected chi connectivity index (χ0v) is 15.5. The van der Waals surface area contributed by atoms with Gasteiger partial charge in [-0.05, 0) is 47.5 Å². The van der Waals surface area contributed by atoms with Crippen molar-refractivity contribution in [2.24, 2.45) is 0 Å². The summed E-state index contributed by atoms with van der Waals surface area (Å²) in [5, 5.41) is 9.45. The molecule has 0 aromatic heterocycles. The second kappa shape index (κ2) is 7.66. The van der Waals surface area contributed by atoms with Gasteiger partial charge in [0.2, 0.25) is 9.04 Å². The minimum Gasteiger partial charge on any atom is -0.508 e. The van der Waals surface area contributed by atoms with Gasteiger partial charge < -0.3 is 9.99 Å². The number of hydrogen-bond acceptors (Lipinski definition) is 3. The summed E-state index contributed by atoms with van der Waals surface area (Å²) >= 11 is 0. The van der Waals surface area contributed by atoms with Crippen LogP contribution in [0.15, 0.2) is 48.5 Å². The molecule has 4 heteroatoms. The van der Waals surface area contributed by atoms with Gasteiger partial charge in [-0.15, -0.1) is 0 Å². The second-order valence-electron chi connectivity index (χ2n) is 6.31. The van der Waals surface area contributed by atoms with Crippen LogP contribution in [0.4, 0.5) is 0 Å². The molecule has 1 N–H and O–H groups in total. The molecular formula is C19H26O3Si. The lowest BCUT2D eigenvalue weighted by Crippen LogP contribution is -2.19. The number of phenolic OH excluding ortho intramolecular Hbond substituents is 1. The molecule has 0 saturated carbocycles. The van der Waals surface area contributed by atoms with Crippen LogP contribution in [-0.4, -0.2) is 14.1 Å². The van der Waals surface area contributed by atoms with Crippen molar-refractivity contribution >= 4 is 9.04 Å². The van der Waals surface area contributed by atoms with E-state index in [0.717, 1.165) is 23.4 Å². The Bertz CT molecular complexity index is 602. The van der Waals surface area contributed by atoms with Crippen LogP contribution in [0.5, 0.6) is 11.5 Å². The summed E-state index contributed by atoms with van der Waals surface area (Å²) in [5.74, 6) is 1.03. The third-order valence-electron chi connectivity index (χ3n) is 4.36. The van der Waals surface area contributed by atoms with Gasteiger partial charge in [-0.2, -0.15) is 0 Å². The van der Waals surface area contributed by atoms with Crippen molar-refractivity contribution in [3.63, 3.8) is 0 Å². The van der Waals surface area contributed by atoms with E-state index in [1.807, 2.05) is 24.3 Å². The van der Waals surface area contributed by atoms with Gasteiger partial charge in [-0.25, -0.2) is 4.58 Å². The first-order chi connectivity index (χ1) is 11.0. The zero-order valence-electron chi connectivity index (χ0n) is 14.4. The van der Waals surface area contributed by atoms with Gasteiger partial charge in [0.25, 0.3) is 0 Å². The maximum absolute atomic E-state index is 9.45. The second-order valence-corrected chi connectivity index (χ2v) is 9.38. The lowest BCUT2D eigenvalue weighted by atomic mass is 9.78. The molecule has 2 rings (SSSR count). The first-order valence-corrected chi connectivity index (χ1v) is 10.3. The normalized spacial score (nSPS) is 11.7. The summed E-state index contributed by atoms with van der Waals surface area (Å²) in [6, 6.07) is 17.6. The zero-order chi connectivity index (χ0) is 16.9. The molecule has 0 aliphatic rings. The van der Waals surface area contributed by atoms with Crippen molar-refractivity contribution < 1.29 is 14.6 Å². The van der Waals surface area contributed by atoms with Crippen LogP contribution < -0.4 is 4.89 Å². The van der Waals surface area contributed by atoms with E-state index in [1.165, 1.54) is 5.56 Å². The highest BCUT2D eigenvalue weighted by Gasteiger charge is 2.23. The molecule has 23 heavy (non-hydrogen) atoms. The number of aromatic hydroxyl groups is 1. The van der Waals surface area contributed by atoms with Crippen LogP contribution in [0, 0.1) is 0 Å². The van der Waals surface area contributed by atoms with Crippen molar-refractivity contribution in [3.05, 3.63) is 59.7 Å². The largest absolute Gasteiger partial charge is 0.508 e. The Kier molecular flexibility index (Phi) is 5.85. The summed E-state index contributed by atoms with van der Waals surface area (Å²) in [5.41, 5.74) is 2.21. The predicted molar refractivity (Wildman–Crippen MR) is 96.5 cm³/mol. The topological polar surface area (TPSA) is 38.7 Å². The Morgan fingerprint density at radius 3 is 1.83 bits per heavy atom. The fraction of sp³-hybridized carbons (Fsp3) is 0.368. The highest BCUT2D eigenvalue weighted by atomic mass is 28.3. The van der Waals surface area contributed by atoms with Crippen molar-refractivity contribution in [1.29, 1.82) is 0 Å². The maximum atomic E-state index is 9.45. The predicted octanol–water partition coefficient (Wildman–Crippen LogP) is 4.79. The van der Waals surface area contributed by atoms with Gasteiger partial charge in [-0.1, -0.05) is 52.0 Å². The third-order valence-corrected chi connectivity index (χ3v) is 6.55. The molecule has 0 spiro atoms. The van der Waals surface area contributed by atoms with Gasteiger partial charge in [0.05, 0.1) is 0 Å². The summed E-state index contributed by atoms with van der Waals surface area (Å²) in [6.07, 6.45) is 0. The molecule has 0 amide bonds. The first-order valence-electron chi connectivity index (χ1n) is 8.20. The Balaban J connectivity index is 2.10. The smallest absolute Gasteiger partial charge is 0.239 e. The van der Waals surface area contributed by atoms with E-state index >= 15 is 0 Å². The SMILES string of the molecule is CC[SiH](CC)OOc1ccc(C(C)(C)c2ccc(O)cc2)cc1. The molecule has 0 aliphatic carbocycles. The number of phenols is 1. The lowest BCUT2D eigenvalue weighted by molar-refractivity contribution is -0.106. The Hall–Kier alpha value is -1.78. The summed E-state index contributed by atoms with van der Waals surface area (Å²) in [7, 11) is -1.21. The van der Waals surface area contributed by atoms with E-state index in [9.17, 15) is 5.11 Å². The summed E-state index contributed by atoms with van der Waals surface area (Å²) in [6.45, 7) is 8.63. The van der Waals surface area contributed by atoms with Gasteiger partial charge in [-0.3, -0.25) is 0 Å². The first kappa shape index (κ1) is 17.6. The van der Waals surface area contributed by atoms with Crippen LogP contribution in [0.1, 0.15) is 38.8 Å². The molecule has 124 valence electrons. The molecule has 0 heterocycles. The standard InChI is InChI=1S/C19H26O3Si/c1-5-23(6-2)22-21-18-13-9-16(10-14-18)19(3,4)15-7-11-17(20)12-8-15/h7-14,20,23H,5-6H2,1-4H3. The molecule has 0 unspecified atom stereocenters. The van der Waals surface area contributed by atoms with E-state index in [4.69, 9.17) is 9.46 Å². The minimum atomic E-state index is -1.21. The quantitative estimate of drug-likeness (QED) is 0.450. The Morgan fingerprint density at radius 2 is 1.35 bits per heavy atom. The molecule has 0 radical (unpaired) electrons. The molecule has 2 aromatic rings. The maximum Gasteiger partial charge on any atom is 0.239 e. The van der Waals surface area contributed by atoms with Crippen LogP contribution in [0.25, 0.3) is 0 Å². The van der Waals surface area contributed by atoms with E-state index in [-0.39, 0.29) is 11.2 Å². The molecule has 0 atom stereocenters. The molecule has 0 fully saturated rings. The summed E-state index contributed by atoms with van der Waals surface area (Å²) < 4.78 is 5.56.